The third kappa shape index (κ3) is 4.19. The van der Waals surface area contributed by atoms with Crippen LogP contribution in [0.3, 0.4) is 0 Å². The molecule has 0 amide bonds. The Morgan fingerprint density at radius 2 is 2.00 bits per heavy atom. The number of hydrogen-bond acceptors (Lipinski definition) is 3. The highest BCUT2D eigenvalue weighted by atomic mass is 79.9. The van der Waals surface area contributed by atoms with Crippen molar-refractivity contribution in [1.29, 1.82) is 0 Å². The molecule has 0 bridgehead atoms. The summed E-state index contributed by atoms with van der Waals surface area (Å²) < 4.78 is 12.7. The molecule has 1 aliphatic rings. The van der Waals surface area contributed by atoms with E-state index in [2.05, 4.69) is 33.4 Å². The Labute approximate surface area is 133 Å². The van der Waals surface area contributed by atoms with Crippen LogP contribution in [0.1, 0.15) is 35.5 Å². The van der Waals surface area contributed by atoms with E-state index >= 15 is 0 Å². The molecular weight excluding hydrogens is 330 g/mol. The Morgan fingerprint density at radius 3 is 2.76 bits per heavy atom. The van der Waals surface area contributed by atoms with Gasteiger partial charge in [0, 0.05) is 16.1 Å². The summed E-state index contributed by atoms with van der Waals surface area (Å²) in [6.45, 7) is 4.00. The molecule has 0 aliphatic heterocycles. The van der Waals surface area contributed by atoms with Gasteiger partial charge in [0.15, 0.2) is 0 Å². The van der Waals surface area contributed by atoms with Crippen LogP contribution < -0.4 is 5.32 Å². The van der Waals surface area contributed by atoms with Gasteiger partial charge in [-0.05, 0) is 37.5 Å². The quantitative estimate of drug-likeness (QED) is 0.808. The molecule has 1 saturated carbocycles. The molecule has 1 heterocycles. The first kappa shape index (κ1) is 14.8. The molecule has 112 valence electrons. The van der Waals surface area contributed by atoms with Gasteiger partial charge in [-0.2, -0.15) is 0 Å². The van der Waals surface area contributed by atoms with Gasteiger partial charge in [-0.3, -0.25) is 0 Å². The van der Waals surface area contributed by atoms with E-state index < -0.39 is 0 Å². The number of halogens is 1. The second-order valence-electron chi connectivity index (χ2n) is 5.53. The molecule has 0 unspecified atom stereocenters. The lowest BCUT2D eigenvalue weighted by molar-refractivity contribution is 0.106. The number of ether oxygens (including phenoxy) is 1. The highest BCUT2D eigenvalue weighted by Crippen LogP contribution is 2.22. The zero-order valence-corrected chi connectivity index (χ0v) is 13.8. The van der Waals surface area contributed by atoms with E-state index in [0.717, 1.165) is 33.7 Å². The van der Waals surface area contributed by atoms with Gasteiger partial charge < -0.3 is 14.5 Å². The maximum atomic E-state index is 5.81. The third-order valence-electron chi connectivity index (χ3n) is 3.69. The lowest BCUT2D eigenvalue weighted by Crippen LogP contribution is -2.14. The molecule has 1 aliphatic carbocycles. The minimum absolute atomic E-state index is 0.583. The SMILES string of the molecule is Cc1oc(CNC2CC2)cc1COCc1ccccc1Br. The Kier molecular flexibility index (Phi) is 4.78. The van der Waals surface area contributed by atoms with E-state index in [-0.39, 0.29) is 0 Å². The van der Waals surface area contributed by atoms with Gasteiger partial charge in [-0.25, -0.2) is 0 Å². The summed E-state index contributed by atoms with van der Waals surface area (Å²) >= 11 is 3.53. The van der Waals surface area contributed by atoms with Crippen LogP contribution in [0.25, 0.3) is 0 Å². The van der Waals surface area contributed by atoms with E-state index in [0.29, 0.717) is 19.3 Å². The lowest BCUT2D eigenvalue weighted by Gasteiger charge is -2.05. The van der Waals surface area contributed by atoms with Crippen LogP contribution in [0.15, 0.2) is 39.2 Å². The summed E-state index contributed by atoms with van der Waals surface area (Å²) in [6, 6.07) is 10.9. The molecule has 3 rings (SSSR count). The van der Waals surface area contributed by atoms with Crippen LogP contribution in [0, 0.1) is 6.92 Å². The first-order chi connectivity index (χ1) is 10.2. The molecule has 3 nitrogen and oxygen atoms in total. The number of nitrogens with one attached hydrogen (secondary N) is 1. The highest BCUT2D eigenvalue weighted by Gasteiger charge is 2.20. The first-order valence-corrected chi connectivity index (χ1v) is 8.14. The first-order valence-electron chi connectivity index (χ1n) is 7.35. The van der Waals surface area contributed by atoms with Crippen LogP contribution in [0.4, 0.5) is 0 Å². The Balaban J connectivity index is 1.51. The molecule has 2 aromatic rings. The van der Waals surface area contributed by atoms with Crippen LogP contribution in [-0.4, -0.2) is 6.04 Å². The van der Waals surface area contributed by atoms with Crippen LogP contribution in [0.2, 0.25) is 0 Å². The zero-order valence-electron chi connectivity index (χ0n) is 12.2. The molecule has 0 saturated heterocycles. The maximum Gasteiger partial charge on any atom is 0.118 e. The molecule has 1 N–H and O–H groups in total. The van der Waals surface area contributed by atoms with Crippen molar-refractivity contribution in [3.8, 4) is 0 Å². The third-order valence-corrected chi connectivity index (χ3v) is 4.46. The minimum atomic E-state index is 0.583. The smallest absolute Gasteiger partial charge is 0.118 e. The predicted molar refractivity (Wildman–Crippen MR) is 85.9 cm³/mol. The van der Waals surface area contributed by atoms with Crippen LogP contribution >= 0.6 is 15.9 Å². The molecule has 0 atom stereocenters. The summed E-state index contributed by atoms with van der Waals surface area (Å²) in [4.78, 5) is 0. The van der Waals surface area contributed by atoms with Gasteiger partial charge in [0.2, 0.25) is 0 Å². The van der Waals surface area contributed by atoms with Crippen molar-refractivity contribution in [3.05, 3.63) is 57.5 Å². The van der Waals surface area contributed by atoms with E-state index in [4.69, 9.17) is 9.15 Å². The van der Waals surface area contributed by atoms with Gasteiger partial charge in [-0.1, -0.05) is 34.1 Å². The summed E-state index contributed by atoms with van der Waals surface area (Å²) in [6.07, 6.45) is 2.59. The molecule has 0 spiro atoms. The summed E-state index contributed by atoms with van der Waals surface area (Å²) in [5.74, 6) is 1.95. The van der Waals surface area contributed by atoms with E-state index in [1.165, 1.54) is 12.8 Å². The standard InChI is InChI=1S/C17H20BrNO2/c1-12-14(8-16(21-12)9-19-15-6-7-15)11-20-10-13-4-2-3-5-17(13)18/h2-5,8,15,19H,6-7,9-11H2,1H3. The predicted octanol–water partition coefficient (Wildman–Crippen LogP) is 4.32. The molecule has 0 radical (unpaired) electrons. The Bertz CT molecular complexity index is 605. The van der Waals surface area contributed by atoms with Gasteiger partial charge in [0.05, 0.1) is 19.8 Å². The largest absolute Gasteiger partial charge is 0.465 e. The van der Waals surface area contributed by atoms with Gasteiger partial charge in [0.1, 0.15) is 11.5 Å². The van der Waals surface area contributed by atoms with Crippen molar-refractivity contribution >= 4 is 15.9 Å². The van der Waals surface area contributed by atoms with Crippen molar-refractivity contribution in [2.24, 2.45) is 0 Å². The topological polar surface area (TPSA) is 34.4 Å². The average Bonchev–Trinajstić information content (AvgIpc) is 3.23. The fourth-order valence-electron chi connectivity index (χ4n) is 2.24. The molecule has 1 aromatic carbocycles. The van der Waals surface area contributed by atoms with Crippen LogP contribution in [0.5, 0.6) is 0 Å². The summed E-state index contributed by atoms with van der Waals surface area (Å²) in [7, 11) is 0. The van der Waals surface area contributed by atoms with Gasteiger partial charge in [0.25, 0.3) is 0 Å². The molecule has 1 fully saturated rings. The summed E-state index contributed by atoms with van der Waals surface area (Å²) in [5, 5.41) is 3.46. The number of furan rings is 1. The van der Waals surface area contributed by atoms with Crippen molar-refractivity contribution in [2.75, 3.05) is 0 Å². The fraction of sp³-hybridized carbons (Fsp3) is 0.412. The van der Waals surface area contributed by atoms with E-state index in [1.54, 1.807) is 0 Å². The normalized spacial score (nSPS) is 14.6. The van der Waals surface area contributed by atoms with Crippen molar-refractivity contribution in [3.63, 3.8) is 0 Å². The molecule has 1 aromatic heterocycles. The number of hydrogen-bond donors (Lipinski definition) is 1. The number of rotatable bonds is 7. The van der Waals surface area contributed by atoms with Gasteiger partial charge in [-0.15, -0.1) is 0 Å². The molecule has 4 heteroatoms. The van der Waals surface area contributed by atoms with E-state index in [9.17, 15) is 0 Å². The second kappa shape index (κ2) is 6.77. The zero-order chi connectivity index (χ0) is 14.7. The van der Waals surface area contributed by atoms with Gasteiger partial charge >= 0.3 is 0 Å². The lowest BCUT2D eigenvalue weighted by atomic mass is 10.2. The fourth-order valence-corrected chi connectivity index (χ4v) is 2.64. The van der Waals surface area contributed by atoms with Crippen molar-refractivity contribution in [2.45, 2.75) is 45.6 Å². The monoisotopic (exact) mass is 349 g/mol. The second-order valence-corrected chi connectivity index (χ2v) is 6.39. The highest BCUT2D eigenvalue weighted by molar-refractivity contribution is 9.10. The minimum Gasteiger partial charge on any atom is -0.465 e. The Morgan fingerprint density at radius 1 is 1.24 bits per heavy atom. The molecular formula is C17H20BrNO2. The number of benzene rings is 1. The number of aryl methyl sites for hydroxylation is 1. The Hall–Kier alpha value is -1.10. The van der Waals surface area contributed by atoms with Crippen molar-refractivity contribution < 1.29 is 9.15 Å². The van der Waals surface area contributed by atoms with E-state index in [1.807, 2.05) is 25.1 Å². The van der Waals surface area contributed by atoms with Crippen molar-refractivity contribution in [1.82, 2.24) is 5.32 Å². The van der Waals surface area contributed by atoms with Crippen LogP contribution in [-0.2, 0) is 24.5 Å². The molecule has 21 heavy (non-hydrogen) atoms. The average molecular weight is 350 g/mol. The maximum absolute atomic E-state index is 5.81. The summed E-state index contributed by atoms with van der Waals surface area (Å²) in [5.41, 5.74) is 2.30.